The fraction of sp³-hybridized carbons (Fsp3) is 0.538. The molecule has 0 spiro atoms. The van der Waals surface area contributed by atoms with Crippen molar-refractivity contribution in [3.8, 4) is 0 Å². The molecule has 0 aromatic rings. The van der Waals surface area contributed by atoms with Gasteiger partial charge in [-0.2, -0.15) is 0 Å². The number of ketones is 2. The van der Waals surface area contributed by atoms with E-state index in [0.717, 1.165) is 11.1 Å². The maximum absolute atomic E-state index is 12.0. The molecule has 1 radical (unpaired) electrons. The molecule has 0 bridgehead atoms. The molecule has 0 aromatic carbocycles. The zero-order valence-corrected chi connectivity index (χ0v) is 24.8. The molecule has 0 saturated carbocycles. The Hall–Kier alpha value is -2.07. The van der Waals surface area contributed by atoms with Gasteiger partial charge in [0.25, 0.3) is 0 Å². The summed E-state index contributed by atoms with van der Waals surface area (Å²) in [5.74, 6) is -1.58. The van der Waals surface area contributed by atoms with Crippen LogP contribution in [0.15, 0.2) is 49.3 Å². The van der Waals surface area contributed by atoms with Gasteiger partial charge >= 0.3 is 36.7 Å². The summed E-state index contributed by atoms with van der Waals surface area (Å²) in [6.45, 7) is 16.3. The molecular weight excluding hydrogens is 545 g/mol. The number of carbonyl (C=O) groups excluding carboxylic acids is 4. The number of thiol groups is 1. The summed E-state index contributed by atoms with van der Waals surface area (Å²) in [7, 11) is 4.34. The van der Waals surface area contributed by atoms with E-state index < -0.39 is 11.9 Å². The molecule has 0 N–H and O–H groups in total. The van der Waals surface area contributed by atoms with Crippen molar-refractivity contribution in [2.45, 2.75) is 68.2 Å². The molecule has 36 heavy (non-hydrogen) atoms. The van der Waals surface area contributed by atoms with Gasteiger partial charge in [0.15, 0.2) is 5.78 Å². The quantitative estimate of drug-likeness (QED) is 0.197. The fourth-order valence-corrected chi connectivity index (χ4v) is 4.16. The molecule has 0 saturated heterocycles. The van der Waals surface area contributed by atoms with Crippen LogP contribution in [0, 0.1) is 10.8 Å². The van der Waals surface area contributed by atoms with Gasteiger partial charge < -0.3 is 9.47 Å². The van der Waals surface area contributed by atoms with Crippen LogP contribution >= 0.6 is 28.7 Å². The molecule has 0 unspecified atom stereocenters. The van der Waals surface area contributed by atoms with E-state index in [1.165, 1.54) is 0 Å². The molecule has 0 aliphatic heterocycles. The zero-order chi connectivity index (χ0) is 28.3. The Bertz CT molecular complexity index is 997. The molecule has 0 aromatic heterocycles. The molecular formula is C26H36BBrNO6S. The van der Waals surface area contributed by atoms with Gasteiger partial charge in [-0.15, -0.1) is 0 Å². The van der Waals surface area contributed by atoms with Crippen LogP contribution in [0.4, 0.5) is 0 Å². The van der Waals surface area contributed by atoms with Gasteiger partial charge in [-0.25, -0.2) is 9.59 Å². The first-order valence-electron chi connectivity index (χ1n) is 11.5. The molecule has 2 aliphatic carbocycles. The van der Waals surface area contributed by atoms with E-state index in [1.807, 2.05) is 20.8 Å². The Kier molecular flexibility index (Phi) is 14.4. The van der Waals surface area contributed by atoms with Gasteiger partial charge in [0, 0.05) is 0 Å². The summed E-state index contributed by atoms with van der Waals surface area (Å²) in [5.41, 5.74) is 2.22. The number of esters is 2. The van der Waals surface area contributed by atoms with E-state index in [1.54, 1.807) is 32.1 Å². The summed E-state index contributed by atoms with van der Waals surface area (Å²) >= 11 is 6.49. The monoisotopic (exact) mass is 580 g/mol. The van der Waals surface area contributed by atoms with Crippen molar-refractivity contribution in [2.24, 2.45) is 15.1 Å². The van der Waals surface area contributed by atoms with Gasteiger partial charge in [-0.3, -0.25) is 9.59 Å². The Morgan fingerprint density at radius 2 is 1.39 bits per heavy atom. The molecule has 10 heteroatoms. The standard InChI is InChI=1S/C13H17BrO3.C13H18O3.BHNS/c1-5-17-12(16)8-6-7-9(13(2,3)4)10(14)11(8)15;1-5-16-12(15)10-7-6-9(8-11(10)14)13(2,3)4;1-2-3/h6H,5,7H2,1-4H3;7-8H,5-6H2,1-4H3;3H. The van der Waals surface area contributed by atoms with Crippen LogP contribution in [0.5, 0.6) is 0 Å². The van der Waals surface area contributed by atoms with E-state index in [4.69, 9.17) is 9.47 Å². The van der Waals surface area contributed by atoms with Crippen LogP contribution in [0.1, 0.15) is 68.2 Å². The molecule has 2 rings (SSSR count). The SMILES string of the molecule is CCOC(=O)C1=CCC(C(C)(C)C)=C(Br)C1=O.CCOC(=O)C1=CCC(C(C)(C)C)=CC1=O.[B]=NS. The summed E-state index contributed by atoms with van der Waals surface area (Å²) in [4.78, 5) is 46.7. The molecule has 0 heterocycles. The van der Waals surface area contributed by atoms with Crippen molar-refractivity contribution < 1.29 is 28.7 Å². The van der Waals surface area contributed by atoms with Gasteiger partial charge in [0.05, 0.1) is 17.7 Å². The number of nitrogens with zero attached hydrogens (tertiary/aromatic N) is 1. The average molecular weight is 581 g/mol. The first-order chi connectivity index (χ1) is 16.6. The third-order valence-corrected chi connectivity index (χ3v) is 6.01. The second kappa shape index (κ2) is 15.2. The normalized spacial score (nSPS) is 15.8. The Morgan fingerprint density at radius 1 is 0.944 bits per heavy atom. The topological polar surface area (TPSA) is 99.1 Å². The van der Waals surface area contributed by atoms with Crippen LogP contribution in [-0.4, -0.2) is 44.4 Å². The molecule has 0 atom stereocenters. The van der Waals surface area contributed by atoms with Crippen LogP contribution in [0.3, 0.4) is 0 Å². The molecule has 7 nitrogen and oxygen atoms in total. The number of allylic oxidation sites excluding steroid dienone is 6. The van der Waals surface area contributed by atoms with Gasteiger partial charge in [0.2, 0.25) is 5.78 Å². The number of hydrogen-bond acceptors (Lipinski definition) is 8. The molecule has 0 fully saturated rings. The van der Waals surface area contributed by atoms with Crippen molar-refractivity contribution in [1.82, 2.24) is 0 Å². The first kappa shape index (κ1) is 33.9. The predicted molar refractivity (Wildman–Crippen MR) is 149 cm³/mol. The van der Waals surface area contributed by atoms with Crippen LogP contribution in [0.2, 0.25) is 0 Å². The fourth-order valence-electron chi connectivity index (χ4n) is 3.19. The number of Topliss-reactive ketones (excluding diaryl/α,β-unsaturated/α-hetero) is 1. The Balaban J connectivity index is 0.000000614. The van der Waals surface area contributed by atoms with Gasteiger partial charge in [-0.05, 0) is 65.1 Å². The number of hydrogen-bond donors (Lipinski definition) is 1. The third kappa shape index (κ3) is 10.5. The summed E-state index contributed by atoms with van der Waals surface area (Å²) in [6.07, 6.45) is 6.13. The summed E-state index contributed by atoms with van der Waals surface area (Å²) < 4.78 is 12.9. The van der Waals surface area contributed by atoms with Crippen molar-refractivity contribution in [3.63, 3.8) is 0 Å². The van der Waals surface area contributed by atoms with E-state index in [9.17, 15) is 19.2 Å². The second-order valence-corrected chi connectivity index (χ2v) is 10.9. The number of rotatable bonds is 4. The van der Waals surface area contributed by atoms with Gasteiger partial charge in [-0.1, -0.05) is 59.3 Å². The predicted octanol–water partition coefficient (Wildman–Crippen LogP) is 5.75. The number of ether oxygens (including phenoxy) is 2. The zero-order valence-electron chi connectivity index (χ0n) is 22.4. The van der Waals surface area contributed by atoms with E-state index in [0.29, 0.717) is 23.9 Å². The minimum atomic E-state index is -0.539. The van der Waals surface area contributed by atoms with E-state index in [2.05, 4.69) is 61.5 Å². The average Bonchev–Trinajstić information content (AvgIpc) is 2.75. The van der Waals surface area contributed by atoms with Crippen LogP contribution in [-0.2, 0) is 28.7 Å². The van der Waals surface area contributed by atoms with Crippen LogP contribution < -0.4 is 0 Å². The van der Waals surface area contributed by atoms with Crippen molar-refractivity contribution in [1.29, 1.82) is 0 Å². The Morgan fingerprint density at radius 3 is 1.78 bits per heavy atom. The first-order valence-corrected chi connectivity index (χ1v) is 12.7. The molecule has 0 amide bonds. The number of halogens is 1. The second-order valence-electron chi connectivity index (χ2n) is 9.86. The maximum atomic E-state index is 12.0. The number of carbonyl (C=O) groups is 4. The van der Waals surface area contributed by atoms with Crippen molar-refractivity contribution in [2.75, 3.05) is 13.2 Å². The summed E-state index contributed by atoms with van der Waals surface area (Å²) in [5, 5.41) is 0. The van der Waals surface area contributed by atoms with Crippen molar-refractivity contribution >= 4 is 59.9 Å². The third-order valence-electron chi connectivity index (χ3n) is 5.18. The van der Waals surface area contributed by atoms with E-state index in [-0.39, 0.29) is 40.1 Å². The molecule has 197 valence electrons. The van der Waals surface area contributed by atoms with Gasteiger partial charge in [0.1, 0.15) is 11.1 Å². The summed E-state index contributed by atoms with van der Waals surface area (Å²) in [6, 6.07) is 0. The van der Waals surface area contributed by atoms with E-state index >= 15 is 0 Å². The molecule has 2 aliphatic rings. The Labute approximate surface area is 229 Å². The van der Waals surface area contributed by atoms with Crippen LogP contribution in [0.25, 0.3) is 0 Å². The van der Waals surface area contributed by atoms with Crippen molar-refractivity contribution in [3.05, 3.63) is 45.0 Å². The minimum absolute atomic E-state index is 0.0354.